The van der Waals surface area contributed by atoms with Crippen molar-refractivity contribution < 1.29 is 9.59 Å². The van der Waals surface area contributed by atoms with Gasteiger partial charge in [0.1, 0.15) is 35.4 Å². The number of benzene rings is 6. The molecule has 0 saturated heterocycles. The first-order valence-corrected chi connectivity index (χ1v) is 43.7. The third-order valence-electron chi connectivity index (χ3n) is 23.0. The standard InChI is InChI=1S/C96H84N4O2S6/c1-7-11-15-19-23-59-29-37-65(38-30-59)95(66-39-31-60(32-40-66)24-20-16-12-8-2)81-87-77(51-69(103-87)49-75-79(63(53-97)54-98)71-45-27-58(6)48-74(71)86(75)102)105-89(81)91-83(95)93-94(107-91)84-92(108-93)90-82(88-78(106-90)52-70(104-88)50-76-80(64(55-99)56-100)73-47-57(5)28-46-72(73)85(76)101)96(84,67-41-33-61(34-42-67)25-21-17-13-9-3)68-43-35-62(36-44-68)26-22-18-14-10-4/h27-52H,7-26H2,1-6H3/b75-49-,76-50-. The van der Waals surface area contributed by atoms with E-state index in [4.69, 9.17) is 0 Å². The number of ketones is 2. The van der Waals surface area contributed by atoms with Crippen molar-refractivity contribution in [2.75, 3.05) is 0 Å². The van der Waals surface area contributed by atoms with Crippen LogP contribution in [0.4, 0.5) is 0 Å². The fraction of sp³-hybridized carbons (Fsp3) is 0.292. The molecule has 4 aliphatic carbocycles. The van der Waals surface area contributed by atoms with Crippen LogP contribution >= 0.6 is 68.0 Å². The third-order valence-corrected chi connectivity index (χ3v) is 30.6. The quantitative estimate of drug-likeness (QED) is 0.0302. The molecular formula is C96H84N4O2S6. The maximum atomic E-state index is 14.8. The molecule has 108 heavy (non-hydrogen) atoms. The molecule has 0 saturated carbocycles. The molecule has 6 heterocycles. The summed E-state index contributed by atoms with van der Waals surface area (Å²) in [7, 11) is 0. The molecule has 0 fully saturated rings. The van der Waals surface area contributed by atoms with E-state index in [0.717, 1.165) is 81.6 Å². The van der Waals surface area contributed by atoms with Crippen LogP contribution in [0.25, 0.3) is 71.0 Å². The Labute approximate surface area is 658 Å². The van der Waals surface area contributed by atoms with Gasteiger partial charge in [-0.3, -0.25) is 9.59 Å². The average Bonchev–Trinajstić information content (AvgIpc) is 1.48. The second-order valence-electron chi connectivity index (χ2n) is 29.9. The lowest BCUT2D eigenvalue weighted by molar-refractivity contribution is 0.103. The predicted molar refractivity (Wildman–Crippen MR) is 455 cm³/mol. The Morgan fingerprint density at radius 3 is 1.01 bits per heavy atom. The van der Waals surface area contributed by atoms with Gasteiger partial charge in [0.15, 0.2) is 11.6 Å². The van der Waals surface area contributed by atoms with Crippen LogP contribution in [0.5, 0.6) is 0 Å². The minimum absolute atomic E-state index is 0.0692. The number of thiophene rings is 6. The van der Waals surface area contributed by atoms with Crippen LogP contribution in [0, 0.1) is 59.2 Å². The zero-order valence-electron chi connectivity index (χ0n) is 62.2. The molecule has 6 aromatic heterocycles. The summed E-state index contributed by atoms with van der Waals surface area (Å²) in [6, 6.07) is 63.4. The number of fused-ring (bicyclic) bond motifs is 15. The summed E-state index contributed by atoms with van der Waals surface area (Å²) in [6.07, 6.45) is 26.9. The lowest BCUT2D eigenvalue weighted by Gasteiger charge is -2.34. The fourth-order valence-corrected chi connectivity index (χ4v) is 26.4. The van der Waals surface area contributed by atoms with E-state index in [2.05, 4.69) is 161 Å². The summed E-state index contributed by atoms with van der Waals surface area (Å²) in [5.41, 5.74) is 19.3. The molecule has 0 amide bonds. The van der Waals surface area contributed by atoms with Gasteiger partial charge in [0.25, 0.3) is 0 Å². The second-order valence-corrected chi connectivity index (χ2v) is 36.2. The van der Waals surface area contributed by atoms with Crippen LogP contribution in [0.2, 0.25) is 0 Å². The molecule has 4 aliphatic rings. The van der Waals surface area contributed by atoms with Gasteiger partial charge >= 0.3 is 0 Å². The number of carbonyl (C=O) groups excluding carboxylic acids is 2. The van der Waals surface area contributed by atoms with E-state index < -0.39 is 10.8 Å². The number of unbranched alkanes of at least 4 members (excludes halogenated alkanes) is 12. The largest absolute Gasteiger partial charge is 0.289 e. The summed E-state index contributed by atoms with van der Waals surface area (Å²) in [4.78, 5) is 36.4. The minimum atomic E-state index is -0.809. The number of carbonyl (C=O) groups is 2. The second kappa shape index (κ2) is 30.5. The number of hydrogen-bond acceptors (Lipinski definition) is 12. The Morgan fingerprint density at radius 2 is 0.657 bits per heavy atom. The number of hydrogen-bond donors (Lipinski definition) is 0. The molecule has 12 aromatic rings. The highest BCUT2D eigenvalue weighted by Crippen LogP contribution is 2.72. The molecule has 16 rings (SSSR count). The van der Waals surface area contributed by atoms with E-state index in [0.29, 0.717) is 44.5 Å². The molecule has 0 N–H and O–H groups in total. The molecule has 536 valence electrons. The molecule has 0 bridgehead atoms. The SMILES string of the molecule is CCCCCCc1ccc(C2(c3ccc(CCCCCC)cc3)c3c(sc4cc(/C=C5\C(=O)c6cc(C)ccc6C5=C(C#N)C#N)sc34)-c3sc4c5c(sc4c32)-c2sc3cc(/C=C4\C(=O)c6ccc(C)cc6C4=C(C#N)C#N)sc3c2C5(c2ccc(CCCCCC)cc2)c2ccc(CCCCCC)cc2)cc1. The number of rotatable bonds is 26. The van der Waals surface area contributed by atoms with Crippen molar-refractivity contribution in [3.8, 4) is 43.8 Å². The van der Waals surface area contributed by atoms with E-state index in [-0.39, 0.29) is 22.7 Å². The number of nitriles is 4. The lowest BCUT2D eigenvalue weighted by atomic mass is 9.67. The number of aryl methyl sites for hydroxylation is 6. The van der Waals surface area contributed by atoms with Gasteiger partial charge in [-0.15, -0.1) is 68.0 Å². The van der Waals surface area contributed by atoms with E-state index in [1.54, 1.807) is 22.7 Å². The van der Waals surface area contributed by atoms with Crippen molar-refractivity contribution in [2.24, 2.45) is 0 Å². The van der Waals surface area contributed by atoms with E-state index >= 15 is 0 Å². The Morgan fingerprint density at radius 1 is 0.343 bits per heavy atom. The van der Waals surface area contributed by atoms with Crippen molar-refractivity contribution in [1.29, 1.82) is 21.0 Å². The zero-order chi connectivity index (χ0) is 74.5. The number of allylic oxidation sites excluding steroid dienone is 6. The fourth-order valence-electron chi connectivity index (χ4n) is 17.6. The topological polar surface area (TPSA) is 129 Å². The Kier molecular flexibility index (Phi) is 20.6. The van der Waals surface area contributed by atoms with Gasteiger partial charge in [-0.2, -0.15) is 21.0 Å². The van der Waals surface area contributed by atoms with Crippen molar-refractivity contribution in [3.05, 3.63) is 278 Å². The Hall–Kier alpha value is -9.44. The Balaban J connectivity index is 0.970. The summed E-state index contributed by atoms with van der Waals surface area (Å²) in [5.74, 6) is -0.360. The van der Waals surface area contributed by atoms with Crippen molar-refractivity contribution >= 4 is 131 Å². The van der Waals surface area contributed by atoms with Crippen molar-refractivity contribution in [1.82, 2.24) is 0 Å². The number of Topliss-reactive ketones (excluding diaryl/α,β-unsaturated/α-hetero) is 2. The first-order valence-electron chi connectivity index (χ1n) is 38.8. The van der Waals surface area contributed by atoms with Gasteiger partial charge in [-0.25, -0.2) is 0 Å². The third kappa shape index (κ3) is 12.2. The highest BCUT2D eigenvalue weighted by Gasteiger charge is 2.56. The average molecular weight is 1520 g/mol. The first-order chi connectivity index (χ1) is 52.8. The van der Waals surface area contributed by atoms with Gasteiger partial charge in [-0.1, -0.05) is 243 Å². The maximum absolute atomic E-state index is 14.8. The molecule has 0 aliphatic heterocycles. The van der Waals surface area contributed by atoms with E-state index in [1.807, 2.05) is 108 Å². The van der Waals surface area contributed by atoms with Gasteiger partial charge in [-0.05, 0) is 151 Å². The van der Waals surface area contributed by atoms with E-state index in [9.17, 15) is 30.6 Å². The van der Waals surface area contributed by atoms with Gasteiger partial charge in [0, 0.05) is 74.8 Å². The van der Waals surface area contributed by atoms with Gasteiger partial charge < -0.3 is 0 Å². The minimum Gasteiger partial charge on any atom is -0.289 e. The van der Waals surface area contributed by atoms with Crippen LogP contribution in [0.15, 0.2) is 168 Å². The first kappa shape index (κ1) is 72.7. The Bertz CT molecular complexity index is 5520. The van der Waals surface area contributed by atoms with Crippen LogP contribution in [0.1, 0.15) is 250 Å². The monoisotopic (exact) mass is 1520 g/mol. The van der Waals surface area contributed by atoms with E-state index in [1.165, 1.54) is 182 Å². The molecule has 0 radical (unpaired) electrons. The molecule has 6 aromatic carbocycles. The smallest absolute Gasteiger partial charge is 0.194 e. The van der Waals surface area contributed by atoms with Gasteiger partial charge in [0.2, 0.25) is 0 Å². The molecule has 6 nitrogen and oxygen atoms in total. The predicted octanol–water partition coefficient (Wildman–Crippen LogP) is 27.5. The summed E-state index contributed by atoms with van der Waals surface area (Å²) in [5, 5.41) is 42.0. The molecule has 0 spiro atoms. The van der Waals surface area contributed by atoms with Crippen LogP contribution in [-0.2, 0) is 36.5 Å². The summed E-state index contributed by atoms with van der Waals surface area (Å²) >= 11 is 11.0. The van der Waals surface area contributed by atoms with Crippen LogP contribution in [0.3, 0.4) is 0 Å². The number of nitrogens with zero attached hydrogens (tertiary/aromatic N) is 4. The molecule has 12 heteroatoms. The van der Waals surface area contributed by atoms with Gasteiger partial charge in [0.05, 0.1) is 49.1 Å². The zero-order valence-corrected chi connectivity index (χ0v) is 67.1. The van der Waals surface area contributed by atoms with Crippen LogP contribution < -0.4 is 0 Å². The van der Waals surface area contributed by atoms with Crippen molar-refractivity contribution in [2.45, 2.75) is 181 Å². The lowest BCUT2D eigenvalue weighted by Crippen LogP contribution is -2.29. The molecular weight excluding hydrogens is 1430 g/mol. The molecule has 0 unspecified atom stereocenters. The van der Waals surface area contributed by atoms with Crippen molar-refractivity contribution in [3.63, 3.8) is 0 Å². The highest BCUT2D eigenvalue weighted by molar-refractivity contribution is 7.37. The highest BCUT2D eigenvalue weighted by atomic mass is 32.1. The summed E-state index contributed by atoms with van der Waals surface area (Å²) in [6.45, 7) is 13.0. The normalized spacial score (nSPS) is 14.9. The summed E-state index contributed by atoms with van der Waals surface area (Å²) < 4.78 is 7.18. The maximum Gasteiger partial charge on any atom is 0.194 e. The van der Waals surface area contributed by atoms with Crippen LogP contribution in [-0.4, -0.2) is 11.6 Å². The molecule has 0 atom stereocenters.